The molecular formula is C8H9Br2NO. The van der Waals surface area contributed by atoms with Crippen molar-refractivity contribution >= 4 is 31.9 Å². The number of hydrogen-bond donors (Lipinski definition) is 2. The number of benzene rings is 1. The Morgan fingerprint density at radius 3 is 2.17 bits per heavy atom. The number of rotatable bonds is 2. The molecule has 0 fully saturated rings. The summed E-state index contributed by atoms with van der Waals surface area (Å²) in [4.78, 5) is 0. The van der Waals surface area contributed by atoms with E-state index in [4.69, 9.17) is 5.73 Å². The van der Waals surface area contributed by atoms with Crippen molar-refractivity contribution in [3.05, 3.63) is 32.7 Å². The Morgan fingerprint density at radius 1 is 1.25 bits per heavy atom. The summed E-state index contributed by atoms with van der Waals surface area (Å²) in [5.41, 5.74) is 6.14. The molecule has 0 unspecified atom stereocenters. The quantitative estimate of drug-likeness (QED) is 0.878. The van der Waals surface area contributed by atoms with E-state index in [0.717, 1.165) is 14.5 Å². The van der Waals surface area contributed by atoms with Crippen molar-refractivity contribution in [1.29, 1.82) is 0 Å². The highest BCUT2D eigenvalue weighted by Crippen LogP contribution is 2.23. The molecule has 0 aromatic heterocycles. The average molecular weight is 295 g/mol. The predicted octanol–water partition coefficient (Wildman–Crippen LogP) is 2.20. The minimum absolute atomic E-state index is 0.239. The number of halogens is 2. The largest absolute Gasteiger partial charge is 0.387 e. The second-order valence-electron chi connectivity index (χ2n) is 2.45. The summed E-state index contributed by atoms with van der Waals surface area (Å²) in [5, 5.41) is 9.41. The topological polar surface area (TPSA) is 46.2 Å². The van der Waals surface area contributed by atoms with E-state index in [0.29, 0.717) is 0 Å². The Labute approximate surface area is 88.0 Å². The van der Waals surface area contributed by atoms with Gasteiger partial charge < -0.3 is 10.8 Å². The van der Waals surface area contributed by atoms with Crippen LogP contribution in [-0.2, 0) is 0 Å². The van der Waals surface area contributed by atoms with E-state index < -0.39 is 6.10 Å². The third-order valence-corrected chi connectivity index (χ3v) is 2.41. The van der Waals surface area contributed by atoms with E-state index in [-0.39, 0.29) is 6.54 Å². The van der Waals surface area contributed by atoms with Crippen LogP contribution >= 0.6 is 31.9 Å². The van der Waals surface area contributed by atoms with E-state index in [1.807, 2.05) is 18.2 Å². The van der Waals surface area contributed by atoms with Gasteiger partial charge in [0.05, 0.1) is 6.10 Å². The summed E-state index contributed by atoms with van der Waals surface area (Å²) < 4.78 is 1.86. The fraction of sp³-hybridized carbons (Fsp3) is 0.250. The molecule has 0 aliphatic carbocycles. The molecule has 1 aromatic rings. The van der Waals surface area contributed by atoms with Crippen LogP contribution in [0.5, 0.6) is 0 Å². The second-order valence-corrected chi connectivity index (χ2v) is 4.29. The Balaban J connectivity index is 3.00. The van der Waals surface area contributed by atoms with Gasteiger partial charge in [-0.05, 0) is 23.8 Å². The van der Waals surface area contributed by atoms with Gasteiger partial charge in [-0.15, -0.1) is 0 Å². The van der Waals surface area contributed by atoms with Crippen molar-refractivity contribution in [2.75, 3.05) is 6.54 Å². The molecule has 1 atom stereocenters. The minimum atomic E-state index is -0.584. The van der Waals surface area contributed by atoms with E-state index in [9.17, 15) is 5.11 Å². The molecule has 0 saturated heterocycles. The molecule has 1 aromatic carbocycles. The Hall–Kier alpha value is 0.1000. The third-order valence-electron chi connectivity index (χ3n) is 1.49. The van der Waals surface area contributed by atoms with Gasteiger partial charge in [-0.2, -0.15) is 0 Å². The first-order valence-electron chi connectivity index (χ1n) is 3.47. The van der Waals surface area contributed by atoms with Crippen molar-refractivity contribution in [2.45, 2.75) is 6.10 Å². The lowest BCUT2D eigenvalue weighted by molar-refractivity contribution is 0.186. The molecule has 0 bridgehead atoms. The number of hydrogen-bond acceptors (Lipinski definition) is 2. The van der Waals surface area contributed by atoms with Crippen molar-refractivity contribution in [3.8, 4) is 0 Å². The van der Waals surface area contributed by atoms with Gasteiger partial charge in [0.25, 0.3) is 0 Å². The van der Waals surface area contributed by atoms with Crippen LogP contribution in [0.1, 0.15) is 11.7 Å². The van der Waals surface area contributed by atoms with Crippen LogP contribution in [-0.4, -0.2) is 11.7 Å². The maximum absolute atomic E-state index is 9.41. The highest BCUT2D eigenvalue weighted by atomic mass is 79.9. The molecule has 2 nitrogen and oxygen atoms in total. The summed E-state index contributed by atoms with van der Waals surface area (Å²) in [7, 11) is 0. The van der Waals surface area contributed by atoms with Crippen LogP contribution in [0.3, 0.4) is 0 Å². The zero-order valence-electron chi connectivity index (χ0n) is 6.30. The Morgan fingerprint density at radius 2 is 1.75 bits per heavy atom. The SMILES string of the molecule is NC[C@H](O)c1cc(Br)cc(Br)c1. The number of nitrogens with two attached hydrogens (primary N) is 1. The second kappa shape index (κ2) is 4.37. The lowest BCUT2D eigenvalue weighted by atomic mass is 10.1. The van der Waals surface area contributed by atoms with Crippen LogP contribution in [0.15, 0.2) is 27.1 Å². The van der Waals surface area contributed by atoms with Crippen LogP contribution in [0.2, 0.25) is 0 Å². The van der Waals surface area contributed by atoms with Crippen LogP contribution in [0, 0.1) is 0 Å². The van der Waals surface area contributed by atoms with Crippen LogP contribution in [0.25, 0.3) is 0 Å². The predicted molar refractivity (Wildman–Crippen MR) is 55.9 cm³/mol. The Kier molecular flexibility index (Phi) is 3.71. The fourth-order valence-electron chi connectivity index (χ4n) is 0.904. The van der Waals surface area contributed by atoms with Crippen LogP contribution < -0.4 is 5.73 Å². The monoisotopic (exact) mass is 293 g/mol. The summed E-state index contributed by atoms with van der Waals surface area (Å²) in [6, 6.07) is 5.61. The molecule has 0 saturated carbocycles. The zero-order valence-corrected chi connectivity index (χ0v) is 9.47. The summed E-state index contributed by atoms with van der Waals surface area (Å²) in [5.74, 6) is 0. The van der Waals surface area contributed by atoms with Gasteiger partial charge >= 0.3 is 0 Å². The van der Waals surface area contributed by atoms with E-state index >= 15 is 0 Å². The molecule has 12 heavy (non-hydrogen) atoms. The van der Waals surface area contributed by atoms with Gasteiger partial charge in [-0.3, -0.25) is 0 Å². The van der Waals surface area contributed by atoms with Gasteiger partial charge in [0.2, 0.25) is 0 Å². The molecule has 0 aliphatic heterocycles. The van der Waals surface area contributed by atoms with Crippen molar-refractivity contribution in [1.82, 2.24) is 0 Å². The molecule has 0 aliphatic rings. The molecule has 1 rings (SSSR count). The normalized spacial score (nSPS) is 13.0. The van der Waals surface area contributed by atoms with Gasteiger partial charge in [0, 0.05) is 15.5 Å². The zero-order chi connectivity index (χ0) is 9.14. The number of aliphatic hydroxyl groups is 1. The lowest BCUT2D eigenvalue weighted by Gasteiger charge is -2.08. The van der Waals surface area contributed by atoms with Crippen molar-refractivity contribution < 1.29 is 5.11 Å². The highest BCUT2D eigenvalue weighted by molar-refractivity contribution is 9.11. The molecule has 66 valence electrons. The highest BCUT2D eigenvalue weighted by Gasteiger charge is 2.05. The molecule has 0 radical (unpaired) electrons. The molecular weight excluding hydrogens is 286 g/mol. The maximum Gasteiger partial charge on any atom is 0.0913 e. The van der Waals surface area contributed by atoms with Gasteiger partial charge in [-0.25, -0.2) is 0 Å². The first-order valence-corrected chi connectivity index (χ1v) is 5.06. The standard InChI is InChI=1S/C8H9Br2NO/c9-6-1-5(8(12)4-11)2-7(10)3-6/h1-3,8,12H,4,11H2/t8-/m0/s1. The smallest absolute Gasteiger partial charge is 0.0913 e. The molecule has 3 N–H and O–H groups in total. The van der Waals surface area contributed by atoms with Gasteiger partial charge in [-0.1, -0.05) is 31.9 Å². The van der Waals surface area contributed by atoms with E-state index in [1.54, 1.807) is 0 Å². The molecule has 0 spiro atoms. The number of aliphatic hydroxyl groups excluding tert-OH is 1. The molecule has 4 heteroatoms. The Bertz CT molecular complexity index is 258. The third kappa shape index (κ3) is 2.55. The summed E-state index contributed by atoms with van der Waals surface area (Å²) in [6.45, 7) is 0.239. The van der Waals surface area contributed by atoms with Crippen molar-refractivity contribution in [2.24, 2.45) is 5.73 Å². The van der Waals surface area contributed by atoms with Crippen molar-refractivity contribution in [3.63, 3.8) is 0 Å². The molecule has 0 amide bonds. The van der Waals surface area contributed by atoms with E-state index in [1.165, 1.54) is 0 Å². The van der Waals surface area contributed by atoms with Crippen LogP contribution in [0.4, 0.5) is 0 Å². The summed E-state index contributed by atoms with van der Waals surface area (Å²) >= 11 is 6.66. The van der Waals surface area contributed by atoms with Gasteiger partial charge in [0.15, 0.2) is 0 Å². The van der Waals surface area contributed by atoms with Gasteiger partial charge in [0.1, 0.15) is 0 Å². The first-order chi connectivity index (χ1) is 5.63. The summed E-state index contributed by atoms with van der Waals surface area (Å²) in [6.07, 6.45) is -0.584. The van der Waals surface area contributed by atoms with E-state index in [2.05, 4.69) is 31.9 Å². The average Bonchev–Trinajstić information content (AvgIpc) is 2.01. The fourth-order valence-corrected chi connectivity index (χ4v) is 2.23. The maximum atomic E-state index is 9.41. The lowest BCUT2D eigenvalue weighted by Crippen LogP contribution is -2.11. The molecule has 0 heterocycles. The minimum Gasteiger partial charge on any atom is -0.387 e. The first kappa shape index (κ1) is 10.2.